The first kappa shape index (κ1) is 12.9. The van der Waals surface area contributed by atoms with Crippen molar-refractivity contribution in [2.45, 2.75) is 32.2 Å². The minimum Gasteiger partial charge on any atom is -0.469 e. The van der Waals surface area contributed by atoms with Gasteiger partial charge in [0.1, 0.15) is 11.6 Å². The van der Waals surface area contributed by atoms with E-state index in [2.05, 4.69) is 5.32 Å². The van der Waals surface area contributed by atoms with E-state index in [-0.39, 0.29) is 17.5 Å². The molecule has 3 nitrogen and oxygen atoms in total. The molecule has 1 aliphatic carbocycles. The Morgan fingerprint density at radius 2 is 2.25 bits per heavy atom. The summed E-state index contributed by atoms with van der Waals surface area (Å²) < 4.78 is 19.1. The molecule has 20 heavy (non-hydrogen) atoms. The number of carbonyl (C=O) groups is 1. The predicted molar refractivity (Wildman–Crippen MR) is 73.0 cm³/mol. The van der Waals surface area contributed by atoms with E-state index in [1.807, 2.05) is 13.0 Å². The van der Waals surface area contributed by atoms with Gasteiger partial charge in [0.05, 0.1) is 17.9 Å². The first-order valence-corrected chi connectivity index (χ1v) is 6.78. The van der Waals surface area contributed by atoms with Crippen LogP contribution in [0.5, 0.6) is 0 Å². The molecule has 0 aliphatic heterocycles. The lowest BCUT2D eigenvalue weighted by molar-refractivity contribution is 0.0928. The highest BCUT2D eigenvalue weighted by molar-refractivity contribution is 5.94. The molecule has 0 fully saturated rings. The molecule has 1 aromatic heterocycles. The zero-order valence-corrected chi connectivity index (χ0v) is 11.3. The second kappa shape index (κ2) is 5.12. The SMILES string of the molecule is Cc1ccc(F)c(C(=O)NC2CCCc3occc32)c1. The third-order valence-corrected chi connectivity index (χ3v) is 3.72. The number of amides is 1. The van der Waals surface area contributed by atoms with Crippen LogP contribution in [0.3, 0.4) is 0 Å². The molecule has 1 amide bonds. The topological polar surface area (TPSA) is 42.2 Å². The summed E-state index contributed by atoms with van der Waals surface area (Å²) >= 11 is 0. The molecule has 0 spiro atoms. The summed E-state index contributed by atoms with van der Waals surface area (Å²) in [6.07, 6.45) is 4.35. The largest absolute Gasteiger partial charge is 0.469 e. The Kier molecular flexibility index (Phi) is 3.30. The van der Waals surface area contributed by atoms with Gasteiger partial charge in [-0.15, -0.1) is 0 Å². The minimum absolute atomic E-state index is 0.0927. The minimum atomic E-state index is -0.490. The third kappa shape index (κ3) is 2.33. The van der Waals surface area contributed by atoms with Crippen LogP contribution in [0.25, 0.3) is 0 Å². The molecule has 3 rings (SSSR count). The van der Waals surface area contributed by atoms with Crippen LogP contribution in [-0.2, 0) is 6.42 Å². The molecular formula is C16H16FNO2. The molecule has 4 heteroatoms. The highest BCUT2D eigenvalue weighted by atomic mass is 19.1. The van der Waals surface area contributed by atoms with Crippen LogP contribution in [0, 0.1) is 12.7 Å². The lowest BCUT2D eigenvalue weighted by atomic mass is 9.93. The Morgan fingerprint density at radius 1 is 1.40 bits per heavy atom. The van der Waals surface area contributed by atoms with Gasteiger partial charge in [-0.25, -0.2) is 4.39 Å². The van der Waals surface area contributed by atoms with Crippen LogP contribution < -0.4 is 5.32 Å². The van der Waals surface area contributed by atoms with Crippen molar-refractivity contribution < 1.29 is 13.6 Å². The second-order valence-corrected chi connectivity index (χ2v) is 5.20. The average molecular weight is 273 g/mol. The van der Waals surface area contributed by atoms with Gasteiger partial charge < -0.3 is 9.73 Å². The van der Waals surface area contributed by atoms with Gasteiger partial charge in [-0.3, -0.25) is 4.79 Å². The molecule has 0 radical (unpaired) electrons. The molecule has 1 aliphatic rings. The van der Waals surface area contributed by atoms with Crippen LogP contribution in [0.4, 0.5) is 4.39 Å². The van der Waals surface area contributed by atoms with Crippen LogP contribution in [0.15, 0.2) is 34.9 Å². The van der Waals surface area contributed by atoms with Crippen molar-refractivity contribution in [2.24, 2.45) is 0 Å². The van der Waals surface area contributed by atoms with Gasteiger partial charge in [-0.1, -0.05) is 11.6 Å². The summed E-state index contributed by atoms with van der Waals surface area (Å²) in [5.41, 5.74) is 1.97. The molecule has 1 heterocycles. The Bertz CT molecular complexity index is 648. The fourth-order valence-corrected chi connectivity index (χ4v) is 2.69. The van der Waals surface area contributed by atoms with Gasteiger partial charge in [0, 0.05) is 12.0 Å². The number of furan rings is 1. The maximum atomic E-state index is 13.7. The zero-order valence-electron chi connectivity index (χ0n) is 11.3. The maximum absolute atomic E-state index is 13.7. The first-order valence-electron chi connectivity index (χ1n) is 6.78. The number of aryl methyl sites for hydroxylation is 2. The van der Waals surface area contributed by atoms with Gasteiger partial charge >= 0.3 is 0 Å². The van der Waals surface area contributed by atoms with Crippen molar-refractivity contribution in [3.8, 4) is 0 Å². The van der Waals surface area contributed by atoms with Crippen LogP contribution >= 0.6 is 0 Å². The lowest BCUT2D eigenvalue weighted by Gasteiger charge is -2.22. The molecule has 1 N–H and O–H groups in total. The number of rotatable bonds is 2. The van der Waals surface area contributed by atoms with Gasteiger partial charge in [0.15, 0.2) is 0 Å². The number of hydrogen-bond donors (Lipinski definition) is 1. The van der Waals surface area contributed by atoms with Gasteiger partial charge in [-0.05, 0) is 38.0 Å². The van der Waals surface area contributed by atoms with Crippen LogP contribution in [0.1, 0.15) is 46.1 Å². The van der Waals surface area contributed by atoms with E-state index in [1.54, 1.807) is 18.4 Å². The summed E-state index contributed by atoms with van der Waals surface area (Å²) in [5, 5.41) is 2.91. The number of nitrogens with one attached hydrogen (secondary N) is 1. The fourth-order valence-electron chi connectivity index (χ4n) is 2.69. The molecule has 1 atom stereocenters. The molecule has 0 saturated carbocycles. The van der Waals surface area contributed by atoms with E-state index in [1.165, 1.54) is 6.07 Å². The Morgan fingerprint density at radius 3 is 3.10 bits per heavy atom. The van der Waals surface area contributed by atoms with E-state index < -0.39 is 5.82 Å². The van der Waals surface area contributed by atoms with E-state index in [0.29, 0.717) is 0 Å². The van der Waals surface area contributed by atoms with Crippen molar-refractivity contribution in [1.29, 1.82) is 0 Å². The number of hydrogen-bond acceptors (Lipinski definition) is 2. The van der Waals surface area contributed by atoms with E-state index >= 15 is 0 Å². The summed E-state index contributed by atoms with van der Waals surface area (Å²) in [6.45, 7) is 1.84. The number of carbonyl (C=O) groups excluding carboxylic acids is 1. The number of fused-ring (bicyclic) bond motifs is 1. The Hall–Kier alpha value is -2.10. The monoisotopic (exact) mass is 273 g/mol. The Labute approximate surface area is 116 Å². The normalized spacial score (nSPS) is 17.6. The summed E-state index contributed by atoms with van der Waals surface area (Å²) in [5.74, 6) is 0.0628. The number of halogens is 1. The van der Waals surface area contributed by atoms with Crippen molar-refractivity contribution >= 4 is 5.91 Å². The predicted octanol–water partition coefficient (Wildman–Crippen LogP) is 3.53. The van der Waals surface area contributed by atoms with Gasteiger partial charge in [-0.2, -0.15) is 0 Å². The molecule has 104 valence electrons. The van der Waals surface area contributed by atoms with Crippen LogP contribution in [0.2, 0.25) is 0 Å². The fraction of sp³-hybridized carbons (Fsp3) is 0.312. The summed E-state index contributed by atoms with van der Waals surface area (Å²) in [4.78, 5) is 12.2. The lowest BCUT2D eigenvalue weighted by Crippen LogP contribution is -2.31. The molecule has 0 saturated heterocycles. The number of benzene rings is 1. The first-order chi connectivity index (χ1) is 9.65. The molecule has 1 aromatic carbocycles. The highest BCUT2D eigenvalue weighted by Gasteiger charge is 2.25. The van der Waals surface area contributed by atoms with Gasteiger partial charge in [0.2, 0.25) is 0 Å². The molecular weight excluding hydrogens is 257 g/mol. The van der Waals surface area contributed by atoms with Crippen molar-refractivity contribution in [1.82, 2.24) is 5.32 Å². The maximum Gasteiger partial charge on any atom is 0.254 e. The second-order valence-electron chi connectivity index (χ2n) is 5.20. The molecule has 1 unspecified atom stereocenters. The van der Waals surface area contributed by atoms with Crippen molar-refractivity contribution in [3.05, 3.63) is 58.8 Å². The third-order valence-electron chi connectivity index (χ3n) is 3.72. The average Bonchev–Trinajstić information content (AvgIpc) is 2.91. The summed E-state index contributed by atoms with van der Waals surface area (Å²) in [7, 11) is 0. The summed E-state index contributed by atoms with van der Waals surface area (Å²) in [6, 6.07) is 6.34. The quantitative estimate of drug-likeness (QED) is 0.909. The van der Waals surface area contributed by atoms with E-state index in [9.17, 15) is 9.18 Å². The van der Waals surface area contributed by atoms with E-state index in [0.717, 1.165) is 36.1 Å². The van der Waals surface area contributed by atoms with E-state index in [4.69, 9.17) is 4.42 Å². The highest BCUT2D eigenvalue weighted by Crippen LogP contribution is 2.30. The van der Waals surface area contributed by atoms with Crippen molar-refractivity contribution in [2.75, 3.05) is 0 Å². The van der Waals surface area contributed by atoms with Gasteiger partial charge in [0.25, 0.3) is 5.91 Å². The molecule has 0 bridgehead atoms. The Balaban J connectivity index is 1.82. The zero-order chi connectivity index (χ0) is 14.1. The van der Waals surface area contributed by atoms with Crippen molar-refractivity contribution in [3.63, 3.8) is 0 Å². The van der Waals surface area contributed by atoms with Crippen LogP contribution in [-0.4, -0.2) is 5.91 Å². The molecule has 2 aromatic rings. The smallest absolute Gasteiger partial charge is 0.254 e. The standard InChI is InChI=1S/C16H16FNO2/c1-10-5-6-13(17)12(9-10)16(19)18-14-3-2-4-15-11(14)7-8-20-15/h5-9,14H,2-4H2,1H3,(H,18,19).